The molecule has 0 spiro atoms. The molecule has 2 rings (SSSR count). The van der Waals surface area contributed by atoms with Gasteiger partial charge < -0.3 is 19.2 Å². The maximum absolute atomic E-state index is 12.3. The van der Waals surface area contributed by atoms with Crippen LogP contribution in [-0.2, 0) is 4.79 Å². The lowest BCUT2D eigenvalue weighted by molar-refractivity contribution is -0.142. The molecule has 1 aliphatic rings. The first kappa shape index (κ1) is 14.4. The number of hydrogen-bond acceptors (Lipinski definition) is 4. The number of methoxy groups -OCH3 is 1. The van der Waals surface area contributed by atoms with E-state index >= 15 is 0 Å². The highest BCUT2D eigenvalue weighted by molar-refractivity contribution is 5.92. The maximum Gasteiger partial charge on any atom is 0.308 e. The quantitative estimate of drug-likeness (QED) is 0.891. The number of aliphatic carboxylic acids is 1. The highest BCUT2D eigenvalue weighted by Crippen LogP contribution is 2.29. The number of carboxylic acids is 1. The number of carbonyl (C=O) groups excluding carboxylic acids is 1. The van der Waals surface area contributed by atoms with Crippen LogP contribution in [0.2, 0.25) is 0 Å². The predicted octanol–water partition coefficient (Wildman–Crippen LogP) is 1.86. The average molecular weight is 281 g/mol. The van der Waals surface area contributed by atoms with Crippen molar-refractivity contribution in [3.05, 3.63) is 17.9 Å². The molecule has 1 N–H and O–H groups in total. The van der Waals surface area contributed by atoms with E-state index in [9.17, 15) is 14.7 Å². The minimum absolute atomic E-state index is 0.0123. The first-order valence-corrected chi connectivity index (χ1v) is 6.72. The lowest BCUT2D eigenvalue weighted by atomic mass is 9.92. The van der Waals surface area contributed by atoms with Gasteiger partial charge in [0, 0.05) is 19.2 Å². The molecule has 2 atom stereocenters. The van der Waals surface area contributed by atoms with E-state index in [2.05, 4.69) is 0 Å². The number of rotatable bonds is 5. The normalized spacial score (nSPS) is 22.0. The third-order valence-electron chi connectivity index (χ3n) is 3.70. The van der Waals surface area contributed by atoms with Crippen LogP contribution >= 0.6 is 0 Å². The van der Waals surface area contributed by atoms with Crippen molar-refractivity contribution < 1.29 is 23.8 Å². The molecule has 0 aliphatic carbocycles. The fraction of sp³-hybridized carbons (Fsp3) is 0.571. The molecular formula is C14H19NO5. The Balaban J connectivity index is 2.09. The molecule has 6 nitrogen and oxygen atoms in total. The molecule has 0 saturated carbocycles. The Labute approximate surface area is 117 Å². The summed E-state index contributed by atoms with van der Waals surface area (Å²) >= 11 is 0. The molecule has 1 amide bonds. The molecule has 2 heterocycles. The van der Waals surface area contributed by atoms with Crippen LogP contribution in [0, 0.1) is 11.8 Å². The molecule has 1 aromatic rings. The minimum atomic E-state index is -0.837. The summed E-state index contributed by atoms with van der Waals surface area (Å²) in [7, 11) is 1.46. The highest BCUT2D eigenvalue weighted by Gasteiger charge is 2.39. The second kappa shape index (κ2) is 5.98. The number of carbonyl (C=O) groups is 2. The van der Waals surface area contributed by atoms with Crippen LogP contribution in [0.4, 0.5) is 0 Å². The van der Waals surface area contributed by atoms with Crippen molar-refractivity contribution in [3.8, 4) is 5.95 Å². The molecule has 0 aromatic carbocycles. The Morgan fingerprint density at radius 3 is 2.75 bits per heavy atom. The second-order valence-electron chi connectivity index (χ2n) is 5.03. The van der Waals surface area contributed by atoms with E-state index in [1.165, 1.54) is 7.11 Å². The predicted molar refractivity (Wildman–Crippen MR) is 70.7 cm³/mol. The Hall–Kier alpha value is -1.98. The van der Waals surface area contributed by atoms with Gasteiger partial charge in [-0.25, -0.2) is 0 Å². The van der Waals surface area contributed by atoms with Crippen molar-refractivity contribution >= 4 is 11.9 Å². The minimum Gasteiger partial charge on any atom is -0.481 e. The molecule has 0 bridgehead atoms. The van der Waals surface area contributed by atoms with Crippen LogP contribution in [0.25, 0.3) is 0 Å². The van der Waals surface area contributed by atoms with E-state index in [-0.39, 0.29) is 30.1 Å². The largest absolute Gasteiger partial charge is 0.481 e. The molecule has 6 heteroatoms. The summed E-state index contributed by atoms with van der Waals surface area (Å²) in [4.78, 5) is 25.1. The van der Waals surface area contributed by atoms with Crippen molar-refractivity contribution in [1.82, 2.24) is 4.90 Å². The van der Waals surface area contributed by atoms with Crippen molar-refractivity contribution in [1.29, 1.82) is 0 Å². The maximum atomic E-state index is 12.3. The number of amides is 1. The van der Waals surface area contributed by atoms with Crippen LogP contribution in [-0.4, -0.2) is 42.1 Å². The molecule has 1 aliphatic heterocycles. The van der Waals surface area contributed by atoms with Gasteiger partial charge in [0.15, 0.2) is 5.76 Å². The first-order valence-electron chi connectivity index (χ1n) is 6.72. The van der Waals surface area contributed by atoms with E-state index in [0.717, 1.165) is 12.8 Å². The van der Waals surface area contributed by atoms with Gasteiger partial charge in [0.1, 0.15) is 0 Å². The van der Waals surface area contributed by atoms with Gasteiger partial charge in [-0.05, 0) is 18.4 Å². The van der Waals surface area contributed by atoms with E-state index in [1.807, 2.05) is 6.92 Å². The fourth-order valence-corrected chi connectivity index (χ4v) is 2.68. The lowest BCUT2D eigenvalue weighted by Gasteiger charge is -2.14. The van der Waals surface area contributed by atoms with Crippen molar-refractivity contribution in [2.45, 2.75) is 19.8 Å². The number of furan rings is 1. The van der Waals surface area contributed by atoms with E-state index < -0.39 is 11.9 Å². The lowest BCUT2D eigenvalue weighted by Crippen LogP contribution is -2.29. The number of carboxylic acid groups (broad SMARTS) is 1. The molecule has 110 valence electrons. The number of hydrogen-bond donors (Lipinski definition) is 1. The summed E-state index contributed by atoms with van der Waals surface area (Å²) in [6.45, 7) is 2.72. The topological polar surface area (TPSA) is 80.0 Å². The second-order valence-corrected chi connectivity index (χ2v) is 5.03. The SMILES string of the molecule is CCC[C@@H]1CN(C(=O)c2ccc(OC)o2)C[C@H]1C(=O)O. The van der Waals surface area contributed by atoms with Gasteiger partial charge in [-0.1, -0.05) is 13.3 Å². The summed E-state index contributed by atoms with van der Waals surface area (Å²) in [5.74, 6) is -1.14. The molecule has 0 unspecified atom stereocenters. The zero-order chi connectivity index (χ0) is 14.7. The smallest absolute Gasteiger partial charge is 0.308 e. The van der Waals surface area contributed by atoms with Gasteiger partial charge in [-0.15, -0.1) is 0 Å². The standard InChI is InChI=1S/C14H19NO5/c1-3-4-9-7-15(8-10(9)14(17)18)13(16)11-5-6-12(19-2)20-11/h5-6,9-10H,3-4,7-8H2,1-2H3,(H,17,18)/t9-,10-/m1/s1. The van der Waals surface area contributed by atoms with Gasteiger partial charge in [-0.2, -0.15) is 0 Å². The van der Waals surface area contributed by atoms with E-state index in [0.29, 0.717) is 6.54 Å². The number of ether oxygens (including phenoxy) is 1. The summed E-state index contributed by atoms with van der Waals surface area (Å²) in [6.07, 6.45) is 1.72. The Morgan fingerprint density at radius 1 is 1.45 bits per heavy atom. The molecule has 1 fully saturated rings. The summed E-state index contributed by atoms with van der Waals surface area (Å²) in [5.41, 5.74) is 0. The molecule has 1 aromatic heterocycles. The molecule has 1 saturated heterocycles. The van der Waals surface area contributed by atoms with Gasteiger partial charge >= 0.3 is 5.97 Å². The monoisotopic (exact) mass is 281 g/mol. The van der Waals surface area contributed by atoms with E-state index in [1.54, 1.807) is 17.0 Å². The van der Waals surface area contributed by atoms with Crippen LogP contribution in [0.15, 0.2) is 16.5 Å². The zero-order valence-electron chi connectivity index (χ0n) is 11.7. The van der Waals surface area contributed by atoms with Crippen molar-refractivity contribution in [2.24, 2.45) is 11.8 Å². The zero-order valence-corrected chi connectivity index (χ0v) is 11.7. The molecule has 20 heavy (non-hydrogen) atoms. The number of likely N-dealkylation sites (tertiary alicyclic amines) is 1. The summed E-state index contributed by atoms with van der Waals surface area (Å²) < 4.78 is 10.1. The van der Waals surface area contributed by atoms with Crippen molar-refractivity contribution in [2.75, 3.05) is 20.2 Å². The van der Waals surface area contributed by atoms with Crippen LogP contribution in [0.3, 0.4) is 0 Å². The van der Waals surface area contributed by atoms with Crippen LogP contribution in [0.5, 0.6) is 5.95 Å². The first-order chi connectivity index (χ1) is 9.56. The summed E-state index contributed by atoms with van der Waals surface area (Å²) in [5, 5.41) is 9.24. The Bertz CT molecular complexity index is 496. The van der Waals surface area contributed by atoms with Gasteiger partial charge in [0.25, 0.3) is 11.9 Å². The molecule has 0 radical (unpaired) electrons. The fourth-order valence-electron chi connectivity index (χ4n) is 2.68. The Kier molecular flexibility index (Phi) is 4.32. The van der Waals surface area contributed by atoms with Gasteiger partial charge in [0.05, 0.1) is 13.0 Å². The van der Waals surface area contributed by atoms with Gasteiger partial charge in [-0.3, -0.25) is 9.59 Å². The highest BCUT2D eigenvalue weighted by atomic mass is 16.6. The van der Waals surface area contributed by atoms with E-state index in [4.69, 9.17) is 9.15 Å². The third-order valence-corrected chi connectivity index (χ3v) is 3.70. The average Bonchev–Trinajstić information content (AvgIpc) is 3.04. The Morgan fingerprint density at radius 2 is 2.20 bits per heavy atom. The van der Waals surface area contributed by atoms with Crippen LogP contribution in [0.1, 0.15) is 30.3 Å². The third kappa shape index (κ3) is 2.79. The summed E-state index contributed by atoms with van der Waals surface area (Å²) in [6, 6.07) is 3.12. The van der Waals surface area contributed by atoms with Crippen molar-refractivity contribution in [3.63, 3.8) is 0 Å². The van der Waals surface area contributed by atoms with Gasteiger partial charge in [0.2, 0.25) is 0 Å². The molecular weight excluding hydrogens is 262 g/mol. The number of nitrogens with zero attached hydrogens (tertiary/aromatic N) is 1. The van der Waals surface area contributed by atoms with Crippen LogP contribution < -0.4 is 4.74 Å².